The van der Waals surface area contributed by atoms with Gasteiger partial charge in [-0.15, -0.1) is 10.2 Å². The fourth-order valence-corrected chi connectivity index (χ4v) is 4.00. The van der Waals surface area contributed by atoms with Crippen molar-refractivity contribution >= 4 is 23.4 Å². The van der Waals surface area contributed by atoms with Crippen molar-refractivity contribution in [2.45, 2.75) is 37.7 Å². The van der Waals surface area contributed by atoms with Crippen molar-refractivity contribution in [2.75, 3.05) is 0 Å². The summed E-state index contributed by atoms with van der Waals surface area (Å²) in [5.74, 6) is 1.27. The number of nitrogens with zero attached hydrogens (tertiary/aromatic N) is 5. The van der Waals surface area contributed by atoms with E-state index in [1.807, 2.05) is 42.7 Å². The second-order valence-corrected chi connectivity index (χ2v) is 8.48. The Balaban J connectivity index is 1.56. The van der Waals surface area contributed by atoms with Crippen LogP contribution in [-0.4, -0.2) is 24.9 Å². The smallest absolute Gasteiger partial charge is 0.240 e. The molecule has 0 amide bonds. The highest BCUT2D eigenvalue weighted by Gasteiger charge is 2.21. The van der Waals surface area contributed by atoms with Crippen LogP contribution in [0.1, 0.15) is 30.6 Å². The highest BCUT2D eigenvalue weighted by molar-refractivity contribution is 7.99. The van der Waals surface area contributed by atoms with Gasteiger partial charge >= 0.3 is 0 Å². The molecule has 4 aromatic rings. The lowest BCUT2D eigenvalue weighted by atomic mass is 10.1. The van der Waals surface area contributed by atoms with Gasteiger partial charge in [-0.25, -0.2) is 4.39 Å². The van der Waals surface area contributed by atoms with Crippen LogP contribution in [0.2, 0.25) is 5.02 Å². The van der Waals surface area contributed by atoms with Gasteiger partial charge in [0.05, 0.1) is 5.25 Å². The number of hydrogen-bond donors (Lipinski definition) is 0. The van der Waals surface area contributed by atoms with Gasteiger partial charge in [0.2, 0.25) is 11.7 Å². The molecule has 0 aliphatic rings. The summed E-state index contributed by atoms with van der Waals surface area (Å²) in [7, 11) is 0. The second kappa shape index (κ2) is 8.57. The molecule has 0 aliphatic carbocycles. The highest BCUT2D eigenvalue weighted by Crippen LogP contribution is 2.35. The molecule has 0 saturated heterocycles. The Hall–Kier alpha value is -2.71. The minimum absolute atomic E-state index is 0.158. The van der Waals surface area contributed by atoms with Crippen molar-refractivity contribution in [1.82, 2.24) is 24.9 Å². The van der Waals surface area contributed by atoms with Crippen LogP contribution in [0.4, 0.5) is 4.39 Å². The van der Waals surface area contributed by atoms with Crippen LogP contribution >= 0.6 is 23.4 Å². The largest absolute Gasteiger partial charge is 0.338 e. The van der Waals surface area contributed by atoms with E-state index in [2.05, 4.69) is 20.3 Å². The minimum Gasteiger partial charge on any atom is -0.338 e. The van der Waals surface area contributed by atoms with Gasteiger partial charge in [0, 0.05) is 22.7 Å². The van der Waals surface area contributed by atoms with E-state index in [1.54, 1.807) is 19.1 Å². The molecule has 0 aliphatic heterocycles. The van der Waals surface area contributed by atoms with Crippen LogP contribution in [0.25, 0.3) is 22.8 Å². The number of thioether (sulfide) groups is 1. The van der Waals surface area contributed by atoms with Crippen LogP contribution < -0.4 is 0 Å². The van der Waals surface area contributed by atoms with Gasteiger partial charge in [-0.05, 0) is 56.7 Å². The number of benzene rings is 2. The number of hydrogen-bond acceptors (Lipinski definition) is 6. The number of aromatic nitrogens is 5. The number of aryl methyl sites for hydroxylation is 1. The van der Waals surface area contributed by atoms with Crippen LogP contribution in [-0.2, 0) is 6.54 Å². The molecule has 9 heteroatoms. The molecule has 0 fully saturated rings. The van der Waals surface area contributed by atoms with Crippen LogP contribution in [0.15, 0.2) is 52.1 Å². The first-order valence-electron chi connectivity index (χ1n) is 9.42. The van der Waals surface area contributed by atoms with E-state index < -0.39 is 0 Å². The first-order valence-corrected chi connectivity index (χ1v) is 10.7. The van der Waals surface area contributed by atoms with Crippen molar-refractivity contribution in [2.24, 2.45) is 0 Å². The summed E-state index contributed by atoms with van der Waals surface area (Å²) in [6.07, 6.45) is 0. The lowest BCUT2D eigenvalue weighted by Crippen LogP contribution is -2.01. The molecule has 6 nitrogen and oxygen atoms in total. The van der Waals surface area contributed by atoms with Crippen molar-refractivity contribution in [3.8, 4) is 22.8 Å². The van der Waals surface area contributed by atoms with Gasteiger partial charge in [-0.3, -0.25) is 0 Å². The summed E-state index contributed by atoms with van der Waals surface area (Å²) in [6, 6.07) is 12.4. The monoisotopic (exact) mass is 443 g/mol. The summed E-state index contributed by atoms with van der Waals surface area (Å²) in [5.41, 5.74) is 2.09. The molecule has 4 rings (SSSR count). The third-order valence-electron chi connectivity index (χ3n) is 4.64. The predicted molar refractivity (Wildman–Crippen MR) is 115 cm³/mol. The summed E-state index contributed by atoms with van der Waals surface area (Å²) in [5, 5.41) is 13.9. The summed E-state index contributed by atoms with van der Waals surface area (Å²) in [6.45, 7) is 6.40. The zero-order valence-corrected chi connectivity index (χ0v) is 18.2. The quantitative estimate of drug-likeness (QED) is 0.342. The van der Waals surface area contributed by atoms with Crippen molar-refractivity contribution in [3.63, 3.8) is 0 Å². The molecular weight excluding hydrogens is 425 g/mol. The zero-order valence-electron chi connectivity index (χ0n) is 16.6. The van der Waals surface area contributed by atoms with Crippen molar-refractivity contribution in [3.05, 3.63) is 64.8 Å². The Labute approximate surface area is 182 Å². The van der Waals surface area contributed by atoms with E-state index in [-0.39, 0.29) is 11.1 Å². The maximum Gasteiger partial charge on any atom is 0.240 e. The predicted octanol–water partition coefficient (Wildman–Crippen LogP) is 5.97. The average molecular weight is 444 g/mol. The molecule has 2 aromatic heterocycles. The summed E-state index contributed by atoms with van der Waals surface area (Å²) < 4.78 is 21.3. The van der Waals surface area contributed by atoms with Gasteiger partial charge in [0.1, 0.15) is 5.82 Å². The van der Waals surface area contributed by atoms with Crippen LogP contribution in [0, 0.1) is 12.7 Å². The molecule has 0 spiro atoms. The Morgan fingerprint density at radius 2 is 1.87 bits per heavy atom. The molecule has 0 bridgehead atoms. The van der Waals surface area contributed by atoms with Gasteiger partial charge in [-0.1, -0.05) is 40.7 Å². The van der Waals surface area contributed by atoms with E-state index in [0.29, 0.717) is 34.4 Å². The van der Waals surface area contributed by atoms with E-state index in [0.717, 1.165) is 16.5 Å². The van der Waals surface area contributed by atoms with Crippen LogP contribution in [0.5, 0.6) is 0 Å². The third-order valence-corrected chi connectivity index (χ3v) is 5.96. The maximum atomic E-state index is 13.8. The van der Waals surface area contributed by atoms with Gasteiger partial charge in [0.25, 0.3) is 0 Å². The topological polar surface area (TPSA) is 69.6 Å². The fraction of sp³-hybridized carbons (Fsp3) is 0.238. The molecule has 2 aromatic carbocycles. The van der Waals surface area contributed by atoms with Gasteiger partial charge in [-0.2, -0.15) is 4.98 Å². The molecular formula is C21H19ClFN5OS. The Kier molecular flexibility index (Phi) is 5.87. The van der Waals surface area contributed by atoms with Crippen LogP contribution in [0.3, 0.4) is 0 Å². The second-order valence-electron chi connectivity index (χ2n) is 6.74. The number of halogens is 2. The third kappa shape index (κ3) is 4.11. The fourth-order valence-electron chi connectivity index (χ4n) is 2.93. The lowest BCUT2D eigenvalue weighted by molar-refractivity contribution is 0.380. The molecule has 0 radical (unpaired) electrons. The normalized spacial score (nSPS) is 12.3. The Morgan fingerprint density at radius 3 is 2.57 bits per heavy atom. The van der Waals surface area contributed by atoms with Gasteiger partial charge in [0.15, 0.2) is 11.0 Å². The summed E-state index contributed by atoms with van der Waals surface area (Å²) >= 11 is 7.46. The van der Waals surface area contributed by atoms with E-state index in [9.17, 15) is 4.39 Å². The Bertz CT molecular complexity index is 1170. The van der Waals surface area contributed by atoms with E-state index in [4.69, 9.17) is 16.1 Å². The Morgan fingerprint density at radius 1 is 1.13 bits per heavy atom. The lowest BCUT2D eigenvalue weighted by Gasteiger charge is -2.09. The van der Waals surface area contributed by atoms with E-state index in [1.165, 1.54) is 17.8 Å². The first-order chi connectivity index (χ1) is 14.5. The zero-order chi connectivity index (χ0) is 21.3. The van der Waals surface area contributed by atoms with E-state index >= 15 is 0 Å². The molecule has 1 unspecified atom stereocenters. The molecule has 154 valence electrons. The minimum atomic E-state index is -0.299. The average Bonchev–Trinajstić information content (AvgIpc) is 3.38. The SMILES string of the molecule is CCn1c(SC(C)c2nc(-c3ccc(C)c(F)c3)no2)nnc1-c1ccc(Cl)cc1. The molecule has 0 saturated carbocycles. The molecule has 30 heavy (non-hydrogen) atoms. The maximum absolute atomic E-state index is 13.8. The van der Waals surface area contributed by atoms with Crippen molar-refractivity contribution < 1.29 is 8.91 Å². The molecule has 1 atom stereocenters. The van der Waals surface area contributed by atoms with Crippen molar-refractivity contribution in [1.29, 1.82) is 0 Å². The molecule has 0 N–H and O–H groups in total. The summed E-state index contributed by atoms with van der Waals surface area (Å²) in [4.78, 5) is 4.44. The van der Waals surface area contributed by atoms with Gasteiger partial charge < -0.3 is 9.09 Å². The standard InChI is InChI=1S/C21H19ClFN5OS/c1-4-28-19(14-7-9-16(22)10-8-14)25-26-21(28)30-13(3)20-24-18(27-29-20)15-6-5-12(2)17(23)11-15/h5-11,13H,4H2,1-3H3. The highest BCUT2D eigenvalue weighted by atomic mass is 35.5. The first kappa shape index (κ1) is 20.6. The molecule has 2 heterocycles. The number of rotatable bonds is 6.